The molecule has 0 aromatic carbocycles. The Morgan fingerprint density at radius 1 is 1.30 bits per heavy atom. The summed E-state index contributed by atoms with van der Waals surface area (Å²) in [5, 5.41) is 11.2. The second-order valence-electron chi connectivity index (χ2n) is 7.36. The molecule has 0 aliphatic carbocycles. The third-order valence-electron chi connectivity index (χ3n) is 5.00. The number of amides is 2. The molecule has 10 heteroatoms. The SMILES string of the molecule is CCC[NH+](CC(=O)NC1CCN(C(=O)OCC)CC1)Cc1nnc(-c2ccco2)o1. The maximum Gasteiger partial charge on any atom is 0.409 e. The fraction of sp³-hybridized carbons (Fsp3) is 0.600. The molecule has 0 spiro atoms. The lowest BCUT2D eigenvalue weighted by Crippen LogP contribution is -3.12. The van der Waals surface area contributed by atoms with E-state index < -0.39 is 0 Å². The molecule has 3 heterocycles. The second-order valence-corrected chi connectivity index (χ2v) is 7.36. The van der Waals surface area contributed by atoms with E-state index in [9.17, 15) is 9.59 Å². The van der Waals surface area contributed by atoms with Gasteiger partial charge < -0.3 is 28.7 Å². The van der Waals surface area contributed by atoms with Gasteiger partial charge in [-0.25, -0.2) is 4.79 Å². The first-order valence-electron chi connectivity index (χ1n) is 10.5. The summed E-state index contributed by atoms with van der Waals surface area (Å²) in [7, 11) is 0. The lowest BCUT2D eigenvalue weighted by molar-refractivity contribution is -0.907. The molecule has 0 saturated carbocycles. The summed E-state index contributed by atoms with van der Waals surface area (Å²) in [6, 6.07) is 3.59. The van der Waals surface area contributed by atoms with E-state index in [0.717, 1.165) is 30.7 Å². The Labute approximate surface area is 175 Å². The summed E-state index contributed by atoms with van der Waals surface area (Å²) >= 11 is 0. The van der Waals surface area contributed by atoms with Gasteiger partial charge in [0.2, 0.25) is 0 Å². The molecule has 1 unspecified atom stereocenters. The van der Waals surface area contributed by atoms with Crippen molar-refractivity contribution < 1.29 is 28.1 Å². The standard InChI is InChI=1S/C20H29N5O5/c1-3-9-24(14-18-22-23-19(30-18)16-6-5-12-29-16)13-17(26)21-15-7-10-25(11-8-15)20(27)28-4-2/h5-6,12,15H,3-4,7-11,13-14H2,1-2H3,(H,21,26)/p+1. The average molecular weight is 420 g/mol. The van der Waals surface area contributed by atoms with Gasteiger partial charge in [0.05, 0.1) is 19.4 Å². The quantitative estimate of drug-likeness (QED) is 0.618. The monoisotopic (exact) mass is 420 g/mol. The fourth-order valence-corrected chi connectivity index (χ4v) is 3.56. The molecule has 30 heavy (non-hydrogen) atoms. The number of aromatic nitrogens is 2. The number of nitrogens with one attached hydrogen (secondary N) is 2. The molecule has 164 valence electrons. The van der Waals surface area contributed by atoms with Gasteiger partial charge in [-0.2, -0.15) is 0 Å². The minimum atomic E-state index is -0.283. The van der Waals surface area contributed by atoms with Crippen LogP contribution in [0, 0.1) is 0 Å². The number of ether oxygens (including phenoxy) is 1. The first-order chi connectivity index (χ1) is 14.6. The van der Waals surface area contributed by atoms with Crippen molar-refractivity contribution in [1.82, 2.24) is 20.4 Å². The van der Waals surface area contributed by atoms with Crippen molar-refractivity contribution >= 4 is 12.0 Å². The zero-order valence-electron chi connectivity index (χ0n) is 17.6. The van der Waals surface area contributed by atoms with E-state index in [1.807, 2.05) is 0 Å². The smallest absolute Gasteiger partial charge is 0.409 e. The first-order valence-corrected chi connectivity index (χ1v) is 10.5. The predicted octanol–water partition coefficient (Wildman–Crippen LogP) is 0.862. The van der Waals surface area contributed by atoms with Crippen LogP contribution in [0.5, 0.6) is 0 Å². The highest BCUT2D eigenvalue weighted by Gasteiger charge is 2.26. The van der Waals surface area contributed by atoms with Crippen molar-refractivity contribution in [2.24, 2.45) is 0 Å². The minimum absolute atomic E-state index is 0.0150. The molecular weight excluding hydrogens is 390 g/mol. The summed E-state index contributed by atoms with van der Waals surface area (Å²) in [6.45, 7) is 7.02. The van der Waals surface area contributed by atoms with Crippen molar-refractivity contribution in [2.75, 3.05) is 32.8 Å². The van der Waals surface area contributed by atoms with E-state index in [0.29, 0.717) is 50.3 Å². The number of hydrogen-bond acceptors (Lipinski definition) is 7. The fourth-order valence-electron chi connectivity index (χ4n) is 3.56. The highest BCUT2D eigenvalue weighted by molar-refractivity contribution is 5.77. The van der Waals surface area contributed by atoms with Crippen molar-refractivity contribution in [3.8, 4) is 11.7 Å². The summed E-state index contributed by atoms with van der Waals surface area (Å²) in [5.41, 5.74) is 0. The molecule has 2 amide bonds. The molecule has 3 rings (SSSR count). The lowest BCUT2D eigenvalue weighted by atomic mass is 10.1. The highest BCUT2D eigenvalue weighted by atomic mass is 16.6. The summed E-state index contributed by atoms with van der Waals surface area (Å²) < 4.78 is 16.0. The van der Waals surface area contributed by atoms with Crippen LogP contribution in [0.4, 0.5) is 4.79 Å². The van der Waals surface area contributed by atoms with E-state index in [-0.39, 0.29) is 18.0 Å². The van der Waals surface area contributed by atoms with Crippen LogP contribution in [0.3, 0.4) is 0 Å². The minimum Gasteiger partial charge on any atom is -0.459 e. The van der Waals surface area contributed by atoms with Crippen LogP contribution < -0.4 is 10.2 Å². The second kappa shape index (κ2) is 10.8. The van der Waals surface area contributed by atoms with Gasteiger partial charge in [-0.3, -0.25) is 4.79 Å². The third-order valence-corrected chi connectivity index (χ3v) is 5.00. The molecule has 1 aliphatic rings. The number of rotatable bonds is 9. The Morgan fingerprint density at radius 2 is 2.10 bits per heavy atom. The number of quaternary nitrogens is 1. The average Bonchev–Trinajstić information content (AvgIpc) is 3.40. The molecule has 2 aromatic heterocycles. The van der Waals surface area contributed by atoms with E-state index in [1.165, 1.54) is 0 Å². The van der Waals surface area contributed by atoms with E-state index in [2.05, 4.69) is 22.4 Å². The summed E-state index contributed by atoms with van der Waals surface area (Å²) in [6.07, 6.45) is 3.65. The summed E-state index contributed by atoms with van der Waals surface area (Å²) in [5.74, 6) is 1.32. The largest absolute Gasteiger partial charge is 0.459 e. The number of carbonyl (C=O) groups is 2. The number of likely N-dealkylation sites (tertiary alicyclic amines) is 1. The Morgan fingerprint density at radius 3 is 2.77 bits per heavy atom. The number of nitrogens with zero attached hydrogens (tertiary/aromatic N) is 3. The zero-order chi connectivity index (χ0) is 21.3. The van der Waals surface area contributed by atoms with Crippen LogP contribution in [-0.4, -0.2) is 65.9 Å². The molecule has 1 atom stereocenters. The molecule has 2 aromatic rings. The topological polar surface area (TPSA) is 115 Å². The van der Waals surface area contributed by atoms with E-state index in [1.54, 1.807) is 30.2 Å². The van der Waals surface area contributed by atoms with Crippen molar-refractivity contribution in [2.45, 2.75) is 45.7 Å². The zero-order valence-corrected chi connectivity index (χ0v) is 17.6. The van der Waals surface area contributed by atoms with Crippen molar-refractivity contribution in [3.63, 3.8) is 0 Å². The van der Waals surface area contributed by atoms with E-state index in [4.69, 9.17) is 13.6 Å². The number of carbonyl (C=O) groups excluding carboxylic acids is 2. The molecule has 10 nitrogen and oxygen atoms in total. The maximum absolute atomic E-state index is 12.6. The lowest BCUT2D eigenvalue weighted by Gasteiger charge is -2.31. The molecule has 1 saturated heterocycles. The molecule has 0 radical (unpaired) electrons. The molecule has 0 bridgehead atoms. The van der Waals surface area contributed by atoms with Crippen LogP contribution in [0.25, 0.3) is 11.7 Å². The Kier molecular flexibility index (Phi) is 7.83. The van der Waals surface area contributed by atoms with E-state index >= 15 is 0 Å². The van der Waals surface area contributed by atoms with Gasteiger partial charge in [0.1, 0.15) is 0 Å². The number of piperidine rings is 1. The molecule has 2 N–H and O–H groups in total. The van der Waals surface area contributed by atoms with Crippen molar-refractivity contribution in [1.29, 1.82) is 0 Å². The van der Waals surface area contributed by atoms with Crippen LogP contribution in [-0.2, 0) is 16.1 Å². The van der Waals surface area contributed by atoms with Crippen LogP contribution >= 0.6 is 0 Å². The molecule has 1 aliphatic heterocycles. The Bertz CT molecular complexity index is 798. The Balaban J connectivity index is 1.47. The van der Waals surface area contributed by atoms with Crippen LogP contribution in [0.2, 0.25) is 0 Å². The Hall–Kier alpha value is -2.88. The molecular formula is C20H30N5O5+. The third kappa shape index (κ3) is 6.06. The van der Waals surface area contributed by atoms with Gasteiger partial charge in [-0.15, -0.1) is 10.2 Å². The first kappa shape index (κ1) is 21.8. The van der Waals surface area contributed by atoms with Gasteiger partial charge in [-0.1, -0.05) is 6.92 Å². The van der Waals surface area contributed by atoms with Gasteiger partial charge in [0.15, 0.2) is 18.8 Å². The maximum atomic E-state index is 12.6. The molecule has 1 fully saturated rings. The summed E-state index contributed by atoms with van der Waals surface area (Å²) in [4.78, 5) is 27.1. The predicted molar refractivity (Wildman–Crippen MR) is 106 cm³/mol. The van der Waals surface area contributed by atoms with Gasteiger partial charge >= 0.3 is 6.09 Å². The van der Waals surface area contributed by atoms with Gasteiger partial charge in [0, 0.05) is 19.1 Å². The number of hydrogen-bond donors (Lipinski definition) is 2. The normalized spacial score (nSPS) is 15.7. The van der Waals surface area contributed by atoms with Crippen LogP contribution in [0.15, 0.2) is 27.2 Å². The van der Waals surface area contributed by atoms with Crippen LogP contribution in [0.1, 0.15) is 39.0 Å². The van der Waals surface area contributed by atoms with Gasteiger partial charge in [0.25, 0.3) is 17.7 Å². The highest BCUT2D eigenvalue weighted by Crippen LogP contribution is 2.17. The van der Waals surface area contributed by atoms with Crippen molar-refractivity contribution in [3.05, 3.63) is 24.3 Å². The number of furan rings is 1. The van der Waals surface area contributed by atoms with Gasteiger partial charge in [-0.05, 0) is 38.3 Å².